The zero-order valence-corrected chi connectivity index (χ0v) is 9.45. The van der Waals surface area contributed by atoms with Gasteiger partial charge in [-0.2, -0.15) is 0 Å². The lowest BCUT2D eigenvalue weighted by atomic mass is 9.72. The fourth-order valence-corrected chi connectivity index (χ4v) is 2.69. The molecule has 1 aromatic rings. The monoisotopic (exact) mass is 204 g/mol. The fraction of sp³-hybridized carbons (Fsp3) is 0.615. The van der Waals surface area contributed by atoms with Crippen LogP contribution in [0.25, 0.3) is 0 Å². The van der Waals surface area contributed by atoms with Crippen LogP contribution in [0.2, 0.25) is 0 Å². The van der Waals surface area contributed by atoms with E-state index in [1.807, 2.05) is 18.5 Å². The van der Waals surface area contributed by atoms with E-state index in [-0.39, 0.29) is 5.54 Å². The van der Waals surface area contributed by atoms with Gasteiger partial charge in [-0.3, -0.25) is 4.98 Å². The molecule has 0 radical (unpaired) electrons. The van der Waals surface area contributed by atoms with Crippen LogP contribution in [0, 0.1) is 5.92 Å². The van der Waals surface area contributed by atoms with E-state index in [9.17, 15) is 0 Å². The van der Waals surface area contributed by atoms with Gasteiger partial charge in [0.2, 0.25) is 0 Å². The number of hydrogen-bond acceptors (Lipinski definition) is 2. The summed E-state index contributed by atoms with van der Waals surface area (Å²) in [6, 6.07) is 4.10. The third-order valence-corrected chi connectivity index (χ3v) is 3.70. The van der Waals surface area contributed by atoms with Crippen molar-refractivity contribution in [3.8, 4) is 0 Å². The zero-order valence-electron chi connectivity index (χ0n) is 9.45. The van der Waals surface area contributed by atoms with Gasteiger partial charge in [-0.15, -0.1) is 0 Å². The Morgan fingerprint density at radius 2 is 2.47 bits per heavy atom. The van der Waals surface area contributed by atoms with Crippen molar-refractivity contribution in [1.82, 2.24) is 4.98 Å². The molecular weight excluding hydrogens is 184 g/mol. The first-order chi connectivity index (χ1) is 7.24. The number of hydrogen-bond donors (Lipinski definition) is 1. The number of rotatable bonds is 2. The van der Waals surface area contributed by atoms with Crippen molar-refractivity contribution < 1.29 is 0 Å². The molecule has 1 heterocycles. The molecule has 82 valence electrons. The molecule has 0 amide bonds. The van der Waals surface area contributed by atoms with Crippen LogP contribution in [0.3, 0.4) is 0 Å². The summed E-state index contributed by atoms with van der Waals surface area (Å²) in [4.78, 5) is 4.18. The molecule has 2 N–H and O–H groups in total. The Balaban J connectivity index is 2.19. The zero-order chi connectivity index (χ0) is 10.7. The molecular formula is C13H20N2. The molecule has 1 saturated carbocycles. The summed E-state index contributed by atoms with van der Waals surface area (Å²) >= 11 is 0. The lowest BCUT2D eigenvalue weighted by Gasteiger charge is -2.38. The van der Waals surface area contributed by atoms with Crippen molar-refractivity contribution in [2.75, 3.05) is 0 Å². The molecule has 2 rings (SSSR count). The number of nitrogens with two attached hydrogens (primary N) is 1. The fourth-order valence-electron chi connectivity index (χ4n) is 2.69. The molecule has 1 aliphatic rings. The first-order valence-corrected chi connectivity index (χ1v) is 5.94. The van der Waals surface area contributed by atoms with Gasteiger partial charge in [0, 0.05) is 17.9 Å². The second kappa shape index (κ2) is 4.31. The predicted octanol–water partition coefficient (Wildman–Crippen LogP) is 2.84. The Kier molecular flexibility index (Phi) is 3.06. The standard InChI is InChI=1S/C13H20N2/c1-2-11-5-3-7-13(14,9-11)12-6-4-8-15-10-12/h4,6,8,10-11H,2-3,5,7,9,14H2,1H3. The highest BCUT2D eigenvalue weighted by atomic mass is 14.8. The summed E-state index contributed by atoms with van der Waals surface area (Å²) in [5.74, 6) is 0.795. The highest BCUT2D eigenvalue weighted by Gasteiger charge is 2.33. The Morgan fingerprint density at radius 1 is 1.60 bits per heavy atom. The Labute approximate surface area is 91.9 Å². The Hall–Kier alpha value is -0.890. The Bertz CT molecular complexity index is 310. The van der Waals surface area contributed by atoms with Crippen LogP contribution >= 0.6 is 0 Å². The third kappa shape index (κ3) is 2.20. The van der Waals surface area contributed by atoms with E-state index < -0.39 is 0 Å². The molecule has 2 atom stereocenters. The van der Waals surface area contributed by atoms with Crippen molar-refractivity contribution in [3.63, 3.8) is 0 Å². The van der Waals surface area contributed by atoms with Crippen molar-refractivity contribution in [1.29, 1.82) is 0 Å². The molecule has 1 fully saturated rings. The molecule has 15 heavy (non-hydrogen) atoms. The molecule has 0 aliphatic heterocycles. The third-order valence-electron chi connectivity index (χ3n) is 3.70. The molecule has 0 saturated heterocycles. The highest BCUT2D eigenvalue weighted by Crippen LogP contribution is 2.38. The Morgan fingerprint density at radius 3 is 3.13 bits per heavy atom. The van der Waals surface area contributed by atoms with Gasteiger partial charge in [-0.05, 0) is 30.4 Å². The molecule has 2 heteroatoms. The minimum atomic E-state index is -0.118. The van der Waals surface area contributed by atoms with E-state index in [1.165, 1.54) is 24.8 Å². The van der Waals surface area contributed by atoms with Crippen LogP contribution in [-0.2, 0) is 5.54 Å². The normalized spacial score (nSPS) is 31.5. The van der Waals surface area contributed by atoms with Crippen LogP contribution in [0.4, 0.5) is 0 Å². The van der Waals surface area contributed by atoms with E-state index >= 15 is 0 Å². The van der Waals surface area contributed by atoms with Gasteiger partial charge in [0.1, 0.15) is 0 Å². The van der Waals surface area contributed by atoms with E-state index in [2.05, 4.69) is 18.0 Å². The SMILES string of the molecule is CCC1CCCC(N)(c2cccnc2)C1. The smallest absolute Gasteiger partial charge is 0.0427 e. The van der Waals surface area contributed by atoms with Crippen LogP contribution in [0.1, 0.15) is 44.6 Å². The average Bonchev–Trinajstić information content (AvgIpc) is 2.30. The average molecular weight is 204 g/mol. The van der Waals surface area contributed by atoms with E-state index in [0.717, 1.165) is 18.8 Å². The van der Waals surface area contributed by atoms with Crippen LogP contribution in [0.5, 0.6) is 0 Å². The maximum Gasteiger partial charge on any atom is 0.0427 e. The minimum absolute atomic E-state index is 0.118. The van der Waals surface area contributed by atoms with Gasteiger partial charge >= 0.3 is 0 Å². The quantitative estimate of drug-likeness (QED) is 0.804. The summed E-state index contributed by atoms with van der Waals surface area (Å²) in [7, 11) is 0. The molecule has 0 bridgehead atoms. The van der Waals surface area contributed by atoms with E-state index in [1.54, 1.807) is 0 Å². The van der Waals surface area contributed by atoms with Gasteiger partial charge < -0.3 is 5.73 Å². The van der Waals surface area contributed by atoms with Crippen molar-refractivity contribution in [2.24, 2.45) is 11.7 Å². The number of aromatic nitrogens is 1. The molecule has 2 nitrogen and oxygen atoms in total. The number of pyridine rings is 1. The lowest BCUT2D eigenvalue weighted by Crippen LogP contribution is -2.41. The van der Waals surface area contributed by atoms with Crippen LogP contribution in [0.15, 0.2) is 24.5 Å². The predicted molar refractivity (Wildman–Crippen MR) is 62.4 cm³/mol. The van der Waals surface area contributed by atoms with Crippen molar-refractivity contribution in [3.05, 3.63) is 30.1 Å². The number of nitrogens with zero attached hydrogens (tertiary/aromatic N) is 1. The molecule has 2 unspecified atom stereocenters. The van der Waals surface area contributed by atoms with Crippen LogP contribution < -0.4 is 5.73 Å². The first kappa shape index (κ1) is 10.6. The van der Waals surface area contributed by atoms with E-state index in [0.29, 0.717) is 0 Å². The van der Waals surface area contributed by atoms with Gasteiger partial charge in [0.05, 0.1) is 0 Å². The van der Waals surface area contributed by atoms with Crippen molar-refractivity contribution in [2.45, 2.75) is 44.6 Å². The second-order valence-electron chi connectivity index (χ2n) is 4.77. The van der Waals surface area contributed by atoms with Crippen molar-refractivity contribution >= 4 is 0 Å². The summed E-state index contributed by atoms with van der Waals surface area (Å²) < 4.78 is 0. The topological polar surface area (TPSA) is 38.9 Å². The summed E-state index contributed by atoms with van der Waals surface area (Å²) in [5, 5.41) is 0. The summed E-state index contributed by atoms with van der Waals surface area (Å²) in [6.07, 6.45) is 9.81. The van der Waals surface area contributed by atoms with E-state index in [4.69, 9.17) is 5.73 Å². The molecule has 1 aliphatic carbocycles. The first-order valence-electron chi connectivity index (χ1n) is 5.94. The van der Waals surface area contributed by atoms with Gasteiger partial charge in [-0.1, -0.05) is 32.3 Å². The minimum Gasteiger partial charge on any atom is -0.321 e. The maximum atomic E-state index is 6.51. The molecule has 0 aromatic carbocycles. The summed E-state index contributed by atoms with van der Waals surface area (Å²) in [5.41, 5.74) is 7.60. The van der Waals surface area contributed by atoms with Gasteiger partial charge in [0.25, 0.3) is 0 Å². The van der Waals surface area contributed by atoms with Gasteiger partial charge in [0.15, 0.2) is 0 Å². The molecule has 1 aromatic heterocycles. The lowest BCUT2D eigenvalue weighted by molar-refractivity contribution is 0.221. The highest BCUT2D eigenvalue weighted by molar-refractivity contribution is 5.20. The summed E-state index contributed by atoms with van der Waals surface area (Å²) in [6.45, 7) is 2.26. The maximum absolute atomic E-state index is 6.51. The van der Waals surface area contributed by atoms with Crippen LogP contribution in [-0.4, -0.2) is 4.98 Å². The molecule has 0 spiro atoms. The second-order valence-corrected chi connectivity index (χ2v) is 4.77. The van der Waals surface area contributed by atoms with Gasteiger partial charge in [-0.25, -0.2) is 0 Å². The largest absolute Gasteiger partial charge is 0.321 e.